The van der Waals surface area contributed by atoms with Gasteiger partial charge in [0.1, 0.15) is 11.5 Å². The van der Waals surface area contributed by atoms with E-state index in [-0.39, 0.29) is 12.5 Å². The van der Waals surface area contributed by atoms with Crippen molar-refractivity contribution in [2.45, 2.75) is 0 Å². The Kier molecular flexibility index (Phi) is 7.61. The molecule has 0 aliphatic heterocycles. The molecule has 0 aliphatic rings. The van der Waals surface area contributed by atoms with Gasteiger partial charge in [0.2, 0.25) is 0 Å². The van der Waals surface area contributed by atoms with Crippen LogP contribution in [0.2, 0.25) is 5.02 Å². The molecule has 0 heterocycles. The van der Waals surface area contributed by atoms with Crippen LogP contribution in [0.25, 0.3) is 0 Å². The van der Waals surface area contributed by atoms with Crippen LogP contribution in [0.4, 0.5) is 5.69 Å². The quantitative estimate of drug-likeness (QED) is 0.409. The Morgan fingerprint density at radius 2 is 1.71 bits per heavy atom. The fourth-order valence-electron chi connectivity index (χ4n) is 2.60. The summed E-state index contributed by atoms with van der Waals surface area (Å²) in [6.45, 7) is -0.153. The number of methoxy groups -OCH3 is 1. The average molecular weight is 438 g/mol. The number of carbonyl (C=O) groups excluding carboxylic acids is 2. The Bertz CT molecular complexity index is 1080. The molecule has 0 saturated carbocycles. The molecule has 0 aliphatic carbocycles. The molecule has 0 bridgehead atoms. The van der Waals surface area contributed by atoms with E-state index in [0.717, 1.165) is 5.56 Å². The van der Waals surface area contributed by atoms with E-state index >= 15 is 0 Å². The molecule has 0 spiro atoms. The van der Waals surface area contributed by atoms with E-state index in [0.29, 0.717) is 27.8 Å². The van der Waals surface area contributed by atoms with E-state index in [1.165, 1.54) is 13.3 Å². The second-order valence-electron chi connectivity index (χ2n) is 6.29. The summed E-state index contributed by atoms with van der Waals surface area (Å²) in [5.41, 5.74) is 4.09. The molecule has 158 valence electrons. The van der Waals surface area contributed by atoms with Crippen molar-refractivity contribution in [3.63, 3.8) is 0 Å². The molecule has 0 unspecified atom stereocenters. The molecule has 7 nitrogen and oxygen atoms in total. The van der Waals surface area contributed by atoms with Crippen LogP contribution in [0.1, 0.15) is 15.9 Å². The number of hydrazone groups is 1. The highest BCUT2D eigenvalue weighted by Gasteiger charge is 2.09. The van der Waals surface area contributed by atoms with Crippen molar-refractivity contribution in [3.05, 3.63) is 88.9 Å². The smallest absolute Gasteiger partial charge is 0.272 e. The number of hydrogen-bond donors (Lipinski definition) is 2. The molecule has 0 radical (unpaired) electrons. The number of para-hydroxylation sites is 2. The van der Waals surface area contributed by atoms with Crippen LogP contribution < -0.4 is 20.2 Å². The lowest BCUT2D eigenvalue weighted by Gasteiger charge is -2.10. The van der Waals surface area contributed by atoms with E-state index < -0.39 is 5.91 Å². The SMILES string of the molecule is COc1ccccc1NC(=O)COc1ccc(/C=N\NC(=O)c2ccccc2Cl)cc1. The molecule has 0 saturated heterocycles. The van der Waals surface area contributed by atoms with Gasteiger partial charge in [-0.1, -0.05) is 35.9 Å². The first-order valence-corrected chi connectivity index (χ1v) is 9.68. The van der Waals surface area contributed by atoms with E-state index in [1.807, 2.05) is 6.07 Å². The molecule has 0 aromatic heterocycles. The highest BCUT2D eigenvalue weighted by Crippen LogP contribution is 2.23. The van der Waals surface area contributed by atoms with Crippen LogP contribution in [0, 0.1) is 0 Å². The third-order valence-corrected chi connectivity index (χ3v) is 4.46. The maximum atomic E-state index is 12.1. The van der Waals surface area contributed by atoms with Gasteiger partial charge >= 0.3 is 0 Å². The van der Waals surface area contributed by atoms with Gasteiger partial charge in [0.15, 0.2) is 6.61 Å². The van der Waals surface area contributed by atoms with Gasteiger partial charge in [-0.3, -0.25) is 9.59 Å². The van der Waals surface area contributed by atoms with Crippen LogP contribution in [0.15, 0.2) is 77.9 Å². The number of nitrogens with zero attached hydrogens (tertiary/aromatic N) is 1. The Balaban J connectivity index is 1.48. The number of benzene rings is 3. The molecule has 0 fully saturated rings. The fourth-order valence-corrected chi connectivity index (χ4v) is 2.83. The molecule has 0 atom stereocenters. The minimum atomic E-state index is -0.400. The summed E-state index contributed by atoms with van der Waals surface area (Å²) in [5.74, 6) is 0.383. The average Bonchev–Trinajstić information content (AvgIpc) is 2.79. The van der Waals surface area contributed by atoms with E-state index in [1.54, 1.807) is 66.7 Å². The Morgan fingerprint density at radius 3 is 2.45 bits per heavy atom. The molecular weight excluding hydrogens is 418 g/mol. The van der Waals surface area contributed by atoms with Gasteiger partial charge in [0.05, 0.1) is 29.6 Å². The van der Waals surface area contributed by atoms with Gasteiger partial charge in [0, 0.05) is 0 Å². The Hall–Kier alpha value is -3.84. The molecular formula is C23H20ClN3O4. The van der Waals surface area contributed by atoms with Crippen molar-refractivity contribution < 1.29 is 19.1 Å². The molecule has 2 amide bonds. The highest BCUT2D eigenvalue weighted by atomic mass is 35.5. The second-order valence-corrected chi connectivity index (χ2v) is 6.69. The Morgan fingerprint density at radius 1 is 1.00 bits per heavy atom. The van der Waals surface area contributed by atoms with Crippen LogP contribution in [0.5, 0.6) is 11.5 Å². The van der Waals surface area contributed by atoms with Gasteiger partial charge < -0.3 is 14.8 Å². The Labute approximate surface area is 184 Å². The first-order valence-electron chi connectivity index (χ1n) is 9.30. The fraction of sp³-hybridized carbons (Fsp3) is 0.0870. The standard InChI is InChI=1S/C23H20ClN3O4/c1-30-21-9-5-4-8-20(21)26-22(28)15-31-17-12-10-16(11-13-17)14-25-27-23(29)18-6-2-3-7-19(18)24/h2-14H,15H2,1H3,(H,26,28)(H,27,29)/b25-14-. The molecule has 3 aromatic rings. The summed E-state index contributed by atoms with van der Waals surface area (Å²) < 4.78 is 10.7. The number of anilines is 1. The zero-order chi connectivity index (χ0) is 22.1. The predicted molar refractivity (Wildman–Crippen MR) is 120 cm³/mol. The number of nitrogens with one attached hydrogen (secondary N) is 2. The maximum absolute atomic E-state index is 12.1. The minimum Gasteiger partial charge on any atom is -0.495 e. The molecule has 31 heavy (non-hydrogen) atoms. The first-order chi connectivity index (χ1) is 15.1. The molecule has 3 rings (SSSR count). The van der Waals surface area contributed by atoms with Crippen molar-refractivity contribution in [3.8, 4) is 11.5 Å². The lowest BCUT2D eigenvalue weighted by molar-refractivity contribution is -0.118. The topological polar surface area (TPSA) is 89.0 Å². The van der Waals surface area contributed by atoms with Gasteiger partial charge in [-0.15, -0.1) is 0 Å². The summed E-state index contributed by atoms with van der Waals surface area (Å²) in [5, 5.41) is 7.02. The highest BCUT2D eigenvalue weighted by molar-refractivity contribution is 6.33. The lowest BCUT2D eigenvalue weighted by atomic mass is 10.2. The van der Waals surface area contributed by atoms with Crippen molar-refractivity contribution >= 4 is 35.3 Å². The maximum Gasteiger partial charge on any atom is 0.272 e. The minimum absolute atomic E-state index is 0.153. The van der Waals surface area contributed by atoms with Gasteiger partial charge in [0.25, 0.3) is 11.8 Å². The number of halogens is 1. The van der Waals surface area contributed by atoms with Gasteiger partial charge in [-0.25, -0.2) is 5.43 Å². The third-order valence-electron chi connectivity index (χ3n) is 4.13. The number of rotatable bonds is 8. The van der Waals surface area contributed by atoms with Crippen LogP contribution in [0.3, 0.4) is 0 Å². The monoisotopic (exact) mass is 437 g/mol. The normalized spacial score (nSPS) is 10.5. The van der Waals surface area contributed by atoms with E-state index in [2.05, 4.69) is 15.8 Å². The predicted octanol–water partition coefficient (Wildman–Crippen LogP) is 4.13. The largest absolute Gasteiger partial charge is 0.495 e. The van der Waals surface area contributed by atoms with Crippen molar-refractivity contribution in [1.29, 1.82) is 0 Å². The molecule has 2 N–H and O–H groups in total. The summed E-state index contributed by atoms with van der Waals surface area (Å²) in [6.07, 6.45) is 1.49. The lowest BCUT2D eigenvalue weighted by Crippen LogP contribution is -2.20. The van der Waals surface area contributed by atoms with Crippen LogP contribution >= 0.6 is 11.6 Å². The number of hydrogen-bond acceptors (Lipinski definition) is 5. The molecule has 3 aromatic carbocycles. The van der Waals surface area contributed by atoms with Crippen LogP contribution in [-0.4, -0.2) is 31.7 Å². The zero-order valence-electron chi connectivity index (χ0n) is 16.7. The first kappa shape index (κ1) is 21.9. The summed E-state index contributed by atoms with van der Waals surface area (Å²) in [4.78, 5) is 24.2. The number of carbonyl (C=O) groups is 2. The van der Waals surface area contributed by atoms with E-state index in [4.69, 9.17) is 21.1 Å². The van der Waals surface area contributed by atoms with Gasteiger partial charge in [-0.2, -0.15) is 5.10 Å². The second kappa shape index (κ2) is 10.8. The van der Waals surface area contributed by atoms with Crippen molar-refractivity contribution in [2.75, 3.05) is 19.0 Å². The summed E-state index contributed by atoms with van der Waals surface area (Å²) in [6, 6.07) is 20.7. The summed E-state index contributed by atoms with van der Waals surface area (Å²) >= 11 is 5.98. The van der Waals surface area contributed by atoms with Gasteiger partial charge in [-0.05, 0) is 54.1 Å². The zero-order valence-corrected chi connectivity index (χ0v) is 17.4. The van der Waals surface area contributed by atoms with Crippen LogP contribution in [-0.2, 0) is 4.79 Å². The van der Waals surface area contributed by atoms with E-state index in [9.17, 15) is 9.59 Å². The third kappa shape index (κ3) is 6.32. The molecule has 8 heteroatoms. The summed E-state index contributed by atoms with van der Waals surface area (Å²) in [7, 11) is 1.54. The van der Waals surface area contributed by atoms with Crippen molar-refractivity contribution in [1.82, 2.24) is 5.43 Å². The van der Waals surface area contributed by atoms with Crippen molar-refractivity contribution in [2.24, 2.45) is 5.10 Å². The number of ether oxygens (including phenoxy) is 2. The number of amides is 2.